The van der Waals surface area contributed by atoms with E-state index < -0.39 is 0 Å². The number of aryl methyl sites for hydroxylation is 1. The van der Waals surface area contributed by atoms with Crippen LogP contribution in [0.4, 0.5) is 34.9 Å². The van der Waals surface area contributed by atoms with Crippen molar-refractivity contribution in [2.45, 2.75) is 105 Å². The number of nitrogens with zero attached hydrogens (tertiary/aromatic N) is 7. The monoisotopic (exact) mass is 962 g/mol. The molecule has 0 amide bonds. The molecular formula is C57H75N11O3. The second-order valence-electron chi connectivity index (χ2n) is 18.6. The molecule has 0 aliphatic heterocycles. The Morgan fingerprint density at radius 3 is 1.86 bits per heavy atom. The van der Waals surface area contributed by atoms with Crippen molar-refractivity contribution >= 4 is 73.3 Å². The number of Topliss-reactive ketones (excluding diaryl/α,β-unsaturated/α-hetero) is 1. The van der Waals surface area contributed by atoms with Crippen LogP contribution in [0.1, 0.15) is 113 Å². The zero-order valence-corrected chi connectivity index (χ0v) is 42.9. The van der Waals surface area contributed by atoms with Crippen molar-refractivity contribution < 1.29 is 14.6 Å². The summed E-state index contributed by atoms with van der Waals surface area (Å²) < 4.78 is 5.39. The van der Waals surface area contributed by atoms with Crippen molar-refractivity contribution in [2.24, 2.45) is 10.2 Å². The lowest BCUT2D eigenvalue weighted by molar-refractivity contribution is 0.0990. The lowest BCUT2D eigenvalue weighted by Gasteiger charge is -2.22. The van der Waals surface area contributed by atoms with Gasteiger partial charge in [-0.15, -0.1) is 5.11 Å². The van der Waals surface area contributed by atoms with Gasteiger partial charge in [-0.3, -0.25) is 4.79 Å². The maximum atomic E-state index is 14.0. The van der Waals surface area contributed by atoms with Gasteiger partial charge >= 0.3 is 0 Å². The van der Waals surface area contributed by atoms with Crippen LogP contribution in [0.2, 0.25) is 0 Å². The molecule has 0 aliphatic carbocycles. The summed E-state index contributed by atoms with van der Waals surface area (Å²) in [6, 6.07) is 27.0. The fraction of sp³-hybridized carbons (Fsp3) is 0.439. The highest BCUT2D eigenvalue weighted by atomic mass is 16.5. The van der Waals surface area contributed by atoms with E-state index >= 15 is 0 Å². The van der Waals surface area contributed by atoms with E-state index in [1.807, 2.05) is 79.7 Å². The molecule has 2 heterocycles. The van der Waals surface area contributed by atoms with E-state index in [-0.39, 0.29) is 29.2 Å². The summed E-state index contributed by atoms with van der Waals surface area (Å²) >= 11 is 0. The van der Waals surface area contributed by atoms with Gasteiger partial charge in [-0.1, -0.05) is 89.8 Å². The third kappa shape index (κ3) is 14.3. The molecule has 0 fully saturated rings. The summed E-state index contributed by atoms with van der Waals surface area (Å²) in [6.45, 7) is 19.0. The summed E-state index contributed by atoms with van der Waals surface area (Å²) in [6.07, 6.45) is 11.7. The van der Waals surface area contributed by atoms with Gasteiger partial charge < -0.3 is 40.6 Å². The Bertz CT molecular complexity index is 2780. The zero-order valence-electron chi connectivity index (χ0n) is 42.9. The molecule has 0 spiro atoms. The molecule has 0 radical (unpaired) electrons. The van der Waals surface area contributed by atoms with Crippen molar-refractivity contribution in [3.63, 3.8) is 0 Å². The highest BCUT2D eigenvalue weighted by Gasteiger charge is 2.22. The van der Waals surface area contributed by atoms with Crippen molar-refractivity contribution in [3.8, 4) is 11.5 Å². The number of H-pyrrole nitrogens is 1. The molecule has 0 saturated carbocycles. The number of phenolic OH excluding ortho intramolecular Hbond substituents is 1. The minimum Gasteiger partial charge on any atom is -0.505 e. The summed E-state index contributed by atoms with van der Waals surface area (Å²) in [7, 11) is 1.62. The number of ether oxygens (including phenoxy) is 1. The molecule has 0 aliphatic rings. The number of nitrogens with one attached hydrogen (secondary N) is 4. The van der Waals surface area contributed by atoms with E-state index in [1.165, 1.54) is 51.4 Å². The predicted molar refractivity (Wildman–Crippen MR) is 293 cm³/mol. The van der Waals surface area contributed by atoms with Crippen LogP contribution in [0.25, 0.3) is 32.6 Å². The van der Waals surface area contributed by atoms with Gasteiger partial charge in [-0.2, -0.15) is 20.1 Å². The first kappa shape index (κ1) is 52.2. The summed E-state index contributed by atoms with van der Waals surface area (Å²) in [5.41, 5.74) is 5.24. The van der Waals surface area contributed by atoms with Gasteiger partial charge in [0, 0.05) is 46.9 Å². The molecule has 7 rings (SSSR count). The number of methoxy groups -OCH3 is 1. The average molecular weight is 962 g/mol. The fourth-order valence-electron chi connectivity index (χ4n) is 8.99. The molecule has 71 heavy (non-hydrogen) atoms. The van der Waals surface area contributed by atoms with Gasteiger partial charge in [0.2, 0.25) is 17.8 Å². The van der Waals surface area contributed by atoms with E-state index in [4.69, 9.17) is 24.8 Å². The zero-order chi connectivity index (χ0) is 50.0. The quantitative estimate of drug-likeness (QED) is 0.0165. The Kier molecular flexibility index (Phi) is 19.5. The summed E-state index contributed by atoms with van der Waals surface area (Å²) in [5.74, 6) is 1.73. The number of rotatable bonds is 30. The number of aromatic nitrogens is 4. The number of azo groups is 1. The Hall–Kier alpha value is -6.64. The predicted octanol–water partition coefficient (Wildman–Crippen LogP) is 13.7. The molecule has 376 valence electrons. The van der Waals surface area contributed by atoms with Gasteiger partial charge in [0.05, 0.1) is 23.9 Å². The van der Waals surface area contributed by atoms with E-state index in [9.17, 15) is 9.90 Å². The van der Waals surface area contributed by atoms with E-state index in [0.717, 1.165) is 115 Å². The van der Waals surface area contributed by atoms with Gasteiger partial charge in [0.15, 0.2) is 11.5 Å². The standard InChI is InChI=1S/C57H75N11O3/c1-7-11-31-67(32-12-8-2)35-17-29-58-55-62-56(59-30-18-36-68(33-13-9-3)34-14-10-4)64-57(63-55)60-43-23-25-44(26-24-43)65-66-53-51-42(22-28-47-46-19-15-16-20-49(46)61-52(47)51)38-48(54(53)70)50(69)39-41-21-27-45(71-6)37-40(41)5/h15-16,19-28,37-38,61,70H,7-14,17-18,29-36,39H2,1-6H3,(H3,58,59,60,62,63,64). The highest BCUT2D eigenvalue weighted by molar-refractivity contribution is 6.22. The molecule has 0 unspecified atom stereocenters. The first-order valence-corrected chi connectivity index (χ1v) is 26.0. The maximum absolute atomic E-state index is 14.0. The van der Waals surface area contributed by atoms with Gasteiger partial charge in [-0.25, -0.2) is 0 Å². The van der Waals surface area contributed by atoms with Crippen molar-refractivity contribution in [1.82, 2.24) is 29.7 Å². The van der Waals surface area contributed by atoms with Crippen LogP contribution >= 0.6 is 0 Å². The molecule has 0 saturated heterocycles. The van der Waals surface area contributed by atoms with Crippen LogP contribution in [-0.2, 0) is 6.42 Å². The molecule has 7 aromatic rings. The average Bonchev–Trinajstić information content (AvgIpc) is 3.77. The van der Waals surface area contributed by atoms with Crippen molar-refractivity contribution in [3.05, 3.63) is 102 Å². The largest absolute Gasteiger partial charge is 0.505 e. The third-order valence-corrected chi connectivity index (χ3v) is 13.1. The Labute approximate surface area is 420 Å². The minimum atomic E-state index is -0.232. The number of carbonyl (C=O) groups excluding carboxylic acids is 1. The number of aromatic amines is 1. The van der Waals surface area contributed by atoms with Gasteiger partial charge in [-0.05, 0) is 150 Å². The number of fused-ring (bicyclic) bond motifs is 5. The number of anilines is 4. The van der Waals surface area contributed by atoms with Gasteiger partial charge in [0.25, 0.3) is 0 Å². The molecule has 0 bridgehead atoms. The number of benzene rings is 5. The highest BCUT2D eigenvalue weighted by Crippen LogP contribution is 2.44. The lowest BCUT2D eigenvalue weighted by atomic mass is 9.95. The van der Waals surface area contributed by atoms with Crippen LogP contribution in [0, 0.1) is 6.92 Å². The Morgan fingerprint density at radius 2 is 1.27 bits per heavy atom. The molecule has 14 nitrogen and oxygen atoms in total. The van der Waals surface area contributed by atoms with Crippen LogP contribution in [0.3, 0.4) is 0 Å². The number of phenols is 1. The molecular weight excluding hydrogens is 887 g/mol. The summed E-state index contributed by atoms with van der Waals surface area (Å²) in [4.78, 5) is 37.1. The number of hydrogen-bond donors (Lipinski definition) is 5. The third-order valence-electron chi connectivity index (χ3n) is 13.1. The number of hydrogen-bond acceptors (Lipinski definition) is 13. The van der Waals surface area contributed by atoms with Gasteiger partial charge in [0.1, 0.15) is 11.4 Å². The first-order chi connectivity index (χ1) is 34.7. The maximum Gasteiger partial charge on any atom is 0.233 e. The SMILES string of the molecule is CCCCN(CCCC)CCCNc1nc(NCCCN(CCCC)CCCC)nc(Nc2ccc(N=Nc3c(O)c(C(=O)Cc4ccc(OC)cc4C)cc4ccc5c6ccccc6[nH]c5c34)cc2)n1. The fourth-order valence-corrected chi connectivity index (χ4v) is 8.99. The summed E-state index contributed by atoms with van der Waals surface area (Å²) in [5, 5.41) is 35.2. The number of carbonyl (C=O) groups is 1. The molecule has 5 N–H and O–H groups in total. The smallest absolute Gasteiger partial charge is 0.233 e. The van der Waals surface area contributed by atoms with E-state index in [2.05, 4.69) is 69.6 Å². The van der Waals surface area contributed by atoms with Crippen molar-refractivity contribution in [2.75, 3.05) is 75.4 Å². The van der Waals surface area contributed by atoms with Crippen LogP contribution < -0.4 is 20.7 Å². The van der Waals surface area contributed by atoms with Crippen LogP contribution in [0.15, 0.2) is 95.2 Å². The number of unbranched alkanes of at least 4 members (excludes halogenated alkanes) is 4. The normalized spacial score (nSPS) is 11.8. The molecule has 14 heteroatoms. The number of aromatic hydroxyl groups is 1. The lowest BCUT2D eigenvalue weighted by Crippen LogP contribution is -2.28. The number of ketones is 1. The Morgan fingerprint density at radius 1 is 0.676 bits per heavy atom. The van der Waals surface area contributed by atoms with E-state index in [1.54, 1.807) is 13.2 Å². The van der Waals surface area contributed by atoms with E-state index in [0.29, 0.717) is 28.9 Å². The first-order valence-electron chi connectivity index (χ1n) is 26.0. The van der Waals surface area contributed by atoms with Crippen molar-refractivity contribution in [1.29, 1.82) is 0 Å². The number of para-hydroxylation sites is 1. The van der Waals surface area contributed by atoms with Crippen LogP contribution in [-0.4, -0.2) is 100 Å². The Balaban J connectivity index is 1.12. The second kappa shape index (κ2) is 26.5. The minimum absolute atomic E-state index is 0.0961. The molecule has 5 aromatic carbocycles. The molecule has 0 atom stereocenters. The van der Waals surface area contributed by atoms with Crippen LogP contribution in [0.5, 0.6) is 11.5 Å². The second-order valence-corrected chi connectivity index (χ2v) is 18.6. The topological polar surface area (TPSA) is 168 Å². The molecule has 2 aromatic heterocycles.